The fourth-order valence-electron chi connectivity index (χ4n) is 3.59. The van der Waals surface area contributed by atoms with Gasteiger partial charge in [-0.15, -0.1) is 0 Å². The van der Waals surface area contributed by atoms with Crippen molar-refractivity contribution in [1.29, 1.82) is 5.26 Å². The third kappa shape index (κ3) is 4.21. The molecule has 4 rings (SSSR count). The molecule has 2 aromatic heterocycles. The van der Waals surface area contributed by atoms with Crippen LogP contribution in [-0.2, 0) is 12.8 Å². The molecular weight excluding hydrogens is 400 g/mol. The van der Waals surface area contributed by atoms with Crippen LogP contribution < -0.4 is 9.79 Å². The molecule has 0 amide bonds. The number of aryl methyl sites for hydroxylation is 2. The van der Waals surface area contributed by atoms with Gasteiger partial charge in [0.25, 0.3) is 0 Å². The van der Waals surface area contributed by atoms with Crippen LogP contribution in [0.4, 0.5) is 0 Å². The molecule has 0 saturated heterocycles. The minimum Gasteiger partial charge on any atom is -0.539 e. The van der Waals surface area contributed by atoms with E-state index in [9.17, 15) is 15.2 Å². The van der Waals surface area contributed by atoms with Crippen molar-refractivity contribution in [3.63, 3.8) is 0 Å². The number of thioether (sulfide) groups is 1. The van der Waals surface area contributed by atoms with Gasteiger partial charge in [0.2, 0.25) is 11.5 Å². The number of hydrogen-bond donors (Lipinski definition) is 0. The molecule has 0 unspecified atom stereocenters. The quantitative estimate of drug-likeness (QED) is 0.355. The summed E-state index contributed by atoms with van der Waals surface area (Å²) >= 11 is 1.17. The number of aromatic nitrogens is 3. The van der Waals surface area contributed by atoms with Crippen molar-refractivity contribution in [2.75, 3.05) is 5.75 Å². The molecule has 7 nitrogen and oxygen atoms in total. The summed E-state index contributed by atoms with van der Waals surface area (Å²) < 4.78 is 5.94. The summed E-state index contributed by atoms with van der Waals surface area (Å²) in [4.78, 5) is 17.5. The Labute approximate surface area is 178 Å². The smallest absolute Gasteiger partial charge is 0.307 e. The molecule has 152 valence electrons. The number of nitriles is 1. The average molecular weight is 420 g/mol. The molecule has 1 aliphatic carbocycles. The molecule has 8 heteroatoms. The molecule has 30 heavy (non-hydrogen) atoms. The molecule has 3 aromatic rings. The number of Topliss-reactive ketones (excluding diaryl/α,β-unsaturated/α-hetero) is 1. The minimum absolute atomic E-state index is 0.0379. The number of carbonyl (C=O) groups excluding carboxylic acids is 1. The third-order valence-electron chi connectivity index (χ3n) is 5.10. The number of para-hydroxylation sites is 1. The highest BCUT2D eigenvalue weighted by atomic mass is 32.2. The number of ketones is 1. The van der Waals surface area contributed by atoms with Crippen molar-refractivity contribution >= 4 is 17.5 Å². The maximum Gasteiger partial charge on any atom is 0.307 e. The first-order chi connectivity index (χ1) is 14.7. The van der Waals surface area contributed by atoms with Crippen LogP contribution in [0.1, 0.15) is 53.0 Å². The highest BCUT2D eigenvalue weighted by Gasteiger charge is 2.28. The summed E-state index contributed by atoms with van der Waals surface area (Å²) in [6.07, 6.45) is 6.37. The Morgan fingerprint density at radius 1 is 1.20 bits per heavy atom. The van der Waals surface area contributed by atoms with Crippen LogP contribution in [0.2, 0.25) is 0 Å². The molecule has 0 fully saturated rings. The lowest BCUT2D eigenvalue weighted by molar-refractivity contribution is -0.672. The second-order valence-electron chi connectivity index (χ2n) is 7.14. The lowest BCUT2D eigenvalue weighted by Gasteiger charge is -2.15. The van der Waals surface area contributed by atoms with Crippen molar-refractivity contribution < 1.29 is 19.1 Å². The van der Waals surface area contributed by atoms with Crippen LogP contribution in [0, 0.1) is 11.3 Å². The lowest BCUT2D eigenvalue weighted by Crippen LogP contribution is -2.39. The molecule has 0 bridgehead atoms. The summed E-state index contributed by atoms with van der Waals surface area (Å²) in [7, 11) is 0. The van der Waals surface area contributed by atoms with Crippen LogP contribution in [-0.4, -0.2) is 21.8 Å². The van der Waals surface area contributed by atoms with Crippen LogP contribution in [0.15, 0.2) is 45.9 Å². The van der Waals surface area contributed by atoms with Gasteiger partial charge in [0.15, 0.2) is 5.95 Å². The largest absolute Gasteiger partial charge is 0.539 e. The van der Waals surface area contributed by atoms with Crippen molar-refractivity contribution in [2.24, 2.45) is 0 Å². The van der Waals surface area contributed by atoms with E-state index in [0.29, 0.717) is 16.3 Å². The van der Waals surface area contributed by atoms with Gasteiger partial charge < -0.3 is 9.63 Å². The Balaban J connectivity index is 1.57. The van der Waals surface area contributed by atoms with Gasteiger partial charge in [0.1, 0.15) is 11.1 Å². The number of pyridine rings is 1. The molecule has 0 radical (unpaired) electrons. The normalized spacial score (nSPS) is 13.7. The maximum absolute atomic E-state index is 12.8. The first kappa shape index (κ1) is 20.1. The third-order valence-corrected chi connectivity index (χ3v) is 6.09. The van der Waals surface area contributed by atoms with E-state index in [4.69, 9.17) is 9.51 Å². The molecular formula is C22H20N4O3S. The zero-order chi connectivity index (χ0) is 20.9. The SMILES string of the molecule is N#Cc1cc2c(nc1SCC(=O)c1c([O-])on[n+]1-c1ccccc1)CCCCCC2. The first-order valence-electron chi connectivity index (χ1n) is 9.90. The number of benzene rings is 1. The van der Waals surface area contributed by atoms with E-state index >= 15 is 0 Å². The fraction of sp³-hybridized carbons (Fsp3) is 0.318. The topological polar surface area (TPSA) is 107 Å². The number of hydrogen-bond acceptors (Lipinski definition) is 7. The second-order valence-corrected chi connectivity index (χ2v) is 8.11. The molecule has 0 N–H and O–H groups in total. The van der Waals surface area contributed by atoms with E-state index in [2.05, 4.69) is 11.3 Å². The van der Waals surface area contributed by atoms with E-state index in [-0.39, 0.29) is 11.4 Å². The minimum atomic E-state index is -0.781. The monoisotopic (exact) mass is 420 g/mol. The molecule has 1 aliphatic rings. The molecule has 1 aromatic carbocycles. The van der Waals surface area contributed by atoms with E-state index in [0.717, 1.165) is 36.9 Å². The highest BCUT2D eigenvalue weighted by molar-refractivity contribution is 8.00. The standard InChI is InChI=1S/C22H20N4O3S/c23-13-16-12-15-8-4-1-2-7-11-18(15)24-21(16)30-14-19(27)20-22(28)29-25-26(20)17-9-5-3-6-10-17/h3,5-6,9-10,12H,1-2,4,7-8,11,14H2. The zero-order valence-electron chi connectivity index (χ0n) is 16.3. The zero-order valence-corrected chi connectivity index (χ0v) is 17.2. The highest BCUT2D eigenvalue weighted by Crippen LogP contribution is 2.27. The second kappa shape index (κ2) is 9.09. The Kier molecular flexibility index (Phi) is 6.10. The van der Waals surface area contributed by atoms with Gasteiger partial charge in [-0.25, -0.2) is 4.98 Å². The van der Waals surface area contributed by atoms with E-state index in [1.165, 1.54) is 29.3 Å². The van der Waals surface area contributed by atoms with E-state index < -0.39 is 11.7 Å². The Bertz CT molecular complexity index is 1110. The van der Waals surface area contributed by atoms with Crippen LogP contribution >= 0.6 is 11.8 Å². The van der Waals surface area contributed by atoms with Gasteiger partial charge in [-0.2, -0.15) is 5.26 Å². The molecule has 0 aliphatic heterocycles. The number of carbonyl (C=O) groups is 1. The summed E-state index contributed by atoms with van der Waals surface area (Å²) in [5, 5.41) is 25.9. The predicted molar refractivity (Wildman–Crippen MR) is 107 cm³/mol. The maximum atomic E-state index is 12.8. The van der Waals surface area contributed by atoms with Crippen molar-refractivity contribution in [1.82, 2.24) is 10.3 Å². The number of rotatable bonds is 5. The molecule has 2 heterocycles. The van der Waals surface area contributed by atoms with Crippen LogP contribution in [0.3, 0.4) is 0 Å². The van der Waals surface area contributed by atoms with Crippen LogP contribution in [0.5, 0.6) is 5.95 Å². The average Bonchev–Trinajstić information content (AvgIpc) is 3.14. The number of nitrogens with zero attached hydrogens (tertiary/aromatic N) is 4. The van der Waals surface area contributed by atoms with Gasteiger partial charge in [-0.3, -0.25) is 4.79 Å². The van der Waals surface area contributed by atoms with Gasteiger partial charge in [0.05, 0.1) is 16.6 Å². The van der Waals surface area contributed by atoms with Crippen molar-refractivity contribution in [2.45, 2.75) is 43.6 Å². The predicted octanol–water partition coefficient (Wildman–Crippen LogP) is 2.93. The molecule has 0 atom stereocenters. The number of fused-ring (bicyclic) bond motifs is 1. The van der Waals surface area contributed by atoms with Crippen molar-refractivity contribution in [3.8, 4) is 17.7 Å². The van der Waals surface area contributed by atoms with Crippen molar-refractivity contribution in [3.05, 3.63) is 58.9 Å². The molecule has 0 spiro atoms. The van der Waals surface area contributed by atoms with E-state index in [1.807, 2.05) is 12.1 Å². The summed E-state index contributed by atoms with van der Waals surface area (Å²) in [5.41, 5.74) is 3.03. The van der Waals surface area contributed by atoms with Gasteiger partial charge in [-0.1, -0.05) is 42.8 Å². The summed E-state index contributed by atoms with van der Waals surface area (Å²) in [6.45, 7) is 0. The van der Waals surface area contributed by atoms with Gasteiger partial charge in [0, 0.05) is 17.8 Å². The summed E-state index contributed by atoms with van der Waals surface area (Å²) in [5.74, 6) is -1.24. The Morgan fingerprint density at radius 2 is 1.97 bits per heavy atom. The fourth-order valence-corrected chi connectivity index (χ4v) is 4.43. The molecule has 0 saturated carbocycles. The van der Waals surface area contributed by atoms with Gasteiger partial charge in [-0.05, 0) is 42.0 Å². The van der Waals surface area contributed by atoms with E-state index in [1.54, 1.807) is 24.3 Å². The summed E-state index contributed by atoms with van der Waals surface area (Å²) in [6, 6.07) is 13.0. The van der Waals surface area contributed by atoms with Gasteiger partial charge >= 0.3 is 5.69 Å². The Morgan fingerprint density at radius 3 is 2.73 bits per heavy atom. The lowest BCUT2D eigenvalue weighted by atomic mass is 9.96. The van der Waals surface area contributed by atoms with Crippen LogP contribution in [0.25, 0.3) is 5.69 Å². The first-order valence-corrected chi connectivity index (χ1v) is 10.9. The Hall–Kier alpha value is -3.18.